The molecule has 33 heavy (non-hydrogen) atoms. The Labute approximate surface area is 193 Å². The van der Waals surface area contributed by atoms with Crippen LogP contribution in [0, 0.1) is 11.3 Å². The molecule has 7 nitrogen and oxygen atoms in total. The smallest absolute Gasteiger partial charge is 0.355 e. The number of esters is 2. The Balaban J connectivity index is 2.35. The maximum atomic E-state index is 13.0. The molecule has 0 radical (unpaired) electrons. The van der Waals surface area contributed by atoms with Gasteiger partial charge in [-0.1, -0.05) is 63.2 Å². The molecule has 0 fully saturated rings. The van der Waals surface area contributed by atoms with Crippen molar-refractivity contribution in [3.63, 3.8) is 0 Å². The van der Waals surface area contributed by atoms with E-state index < -0.39 is 17.9 Å². The van der Waals surface area contributed by atoms with Crippen LogP contribution in [0.3, 0.4) is 0 Å². The molecule has 1 aliphatic rings. The molecular weight excluding hydrogens is 418 g/mol. The predicted octanol–water partition coefficient (Wildman–Crippen LogP) is 3.88. The van der Waals surface area contributed by atoms with E-state index in [4.69, 9.17) is 15.2 Å². The number of nitrogens with zero attached hydrogens (tertiary/aromatic N) is 2. The number of benzene rings is 2. The van der Waals surface area contributed by atoms with Gasteiger partial charge in [-0.25, -0.2) is 9.59 Å². The van der Waals surface area contributed by atoms with Gasteiger partial charge in [0.25, 0.3) is 0 Å². The summed E-state index contributed by atoms with van der Waals surface area (Å²) in [5, 5.41) is 10.1. The highest BCUT2D eigenvalue weighted by atomic mass is 16.5. The fraction of sp³-hybridized carbons (Fsp3) is 0.269. The van der Waals surface area contributed by atoms with Gasteiger partial charge in [-0.15, -0.1) is 0 Å². The summed E-state index contributed by atoms with van der Waals surface area (Å²) in [6, 6.07) is 18.5. The first-order valence-corrected chi connectivity index (χ1v) is 10.4. The summed E-state index contributed by atoms with van der Waals surface area (Å²) in [5.41, 5.74) is 8.66. The molecule has 1 heterocycles. The van der Waals surface area contributed by atoms with Crippen LogP contribution < -0.4 is 10.6 Å². The molecule has 170 valence electrons. The minimum Gasteiger partial charge on any atom is -0.466 e. The second kappa shape index (κ2) is 9.21. The summed E-state index contributed by atoms with van der Waals surface area (Å²) in [6.45, 7) is 6.26. The highest BCUT2D eigenvalue weighted by Gasteiger charge is 2.43. The molecule has 0 bridgehead atoms. The second-order valence-corrected chi connectivity index (χ2v) is 8.63. The van der Waals surface area contributed by atoms with Crippen LogP contribution in [0.2, 0.25) is 0 Å². The maximum absolute atomic E-state index is 13.0. The summed E-state index contributed by atoms with van der Waals surface area (Å²) < 4.78 is 10.1. The number of hydrogen-bond acceptors (Lipinski definition) is 7. The van der Waals surface area contributed by atoms with E-state index in [9.17, 15) is 14.9 Å². The second-order valence-electron chi connectivity index (χ2n) is 8.63. The van der Waals surface area contributed by atoms with Crippen LogP contribution in [0.15, 0.2) is 77.3 Å². The van der Waals surface area contributed by atoms with Crippen molar-refractivity contribution in [3.05, 3.63) is 88.4 Å². The highest BCUT2D eigenvalue weighted by molar-refractivity contribution is 6.06. The number of carbonyl (C=O) groups excluding carboxylic acids is 2. The Kier molecular flexibility index (Phi) is 6.59. The molecule has 7 heteroatoms. The average Bonchev–Trinajstić information content (AvgIpc) is 2.82. The number of nitrogens with two attached hydrogens (primary N) is 1. The fourth-order valence-corrected chi connectivity index (χ4v) is 3.89. The zero-order chi connectivity index (χ0) is 24.3. The zero-order valence-electron chi connectivity index (χ0n) is 19.4. The van der Waals surface area contributed by atoms with Crippen LogP contribution in [0.25, 0.3) is 0 Å². The van der Waals surface area contributed by atoms with Gasteiger partial charge in [0, 0.05) is 5.69 Å². The van der Waals surface area contributed by atoms with E-state index in [0.29, 0.717) is 11.3 Å². The molecule has 1 atom stereocenters. The zero-order valence-corrected chi connectivity index (χ0v) is 19.4. The van der Waals surface area contributed by atoms with Crippen molar-refractivity contribution in [2.45, 2.75) is 32.1 Å². The quantitative estimate of drug-likeness (QED) is 0.712. The molecule has 0 saturated heterocycles. The number of methoxy groups -OCH3 is 2. The third kappa shape index (κ3) is 4.33. The summed E-state index contributed by atoms with van der Waals surface area (Å²) in [5.74, 6) is -2.36. The molecular formula is C26H27N3O4. The van der Waals surface area contributed by atoms with E-state index in [2.05, 4.69) is 26.8 Å². The molecule has 0 spiro atoms. The van der Waals surface area contributed by atoms with E-state index in [-0.39, 0.29) is 28.1 Å². The molecule has 1 unspecified atom stereocenters. The normalized spacial score (nSPS) is 16.4. The first kappa shape index (κ1) is 23.6. The SMILES string of the molecule is COC(=O)C1=C(C(=O)OC)N(c2ccc(C(C)(C)C)cc2)C(N)=C(C#N)C1c1ccccc1. The number of rotatable bonds is 4. The van der Waals surface area contributed by atoms with Crippen molar-refractivity contribution < 1.29 is 19.1 Å². The van der Waals surface area contributed by atoms with Crippen LogP contribution in [-0.2, 0) is 24.5 Å². The summed E-state index contributed by atoms with van der Waals surface area (Å²) in [6.07, 6.45) is 0. The first-order chi connectivity index (χ1) is 15.6. The van der Waals surface area contributed by atoms with E-state index in [1.54, 1.807) is 36.4 Å². The lowest BCUT2D eigenvalue weighted by Crippen LogP contribution is -2.40. The number of carbonyl (C=O) groups is 2. The van der Waals surface area contributed by atoms with Gasteiger partial charge in [0.05, 0.1) is 37.4 Å². The molecule has 2 aromatic carbocycles. The molecule has 2 N–H and O–H groups in total. The highest BCUT2D eigenvalue weighted by Crippen LogP contribution is 2.43. The topological polar surface area (TPSA) is 106 Å². The number of allylic oxidation sites excluding steroid dienone is 1. The van der Waals surface area contributed by atoms with E-state index in [1.165, 1.54) is 19.1 Å². The van der Waals surface area contributed by atoms with Gasteiger partial charge < -0.3 is 15.2 Å². The van der Waals surface area contributed by atoms with Crippen molar-refractivity contribution in [2.24, 2.45) is 5.73 Å². The van der Waals surface area contributed by atoms with Crippen molar-refractivity contribution in [2.75, 3.05) is 19.1 Å². The standard InChI is InChI=1S/C26H27N3O4/c1-26(2,3)17-11-13-18(14-12-17)29-22(25(31)33-5)21(24(30)32-4)20(19(15-27)23(29)28)16-9-7-6-8-10-16/h6-14,20H,28H2,1-5H3. The van der Waals surface area contributed by atoms with Crippen molar-refractivity contribution in [3.8, 4) is 6.07 Å². The monoisotopic (exact) mass is 445 g/mol. The van der Waals surface area contributed by atoms with Crippen LogP contribution in [0.4, 0.5) is 5.69 Å². The number of hydrogen-bond donors (Lipinski definition) is 1. The molecule has 1 aliphatic heterocycles. The van der Waals surface area contributed by atoms with Crippen LogP contribution in [0.5, 0.6) is 0 Å². The van der Waals surface area contributed by atoms with Crippen molar-refractivity contribution in [1.82, 2.24) is 0 Å². The lowest BCUT2D eigenvalue weighted by atomic mass is 9.80. The van der Waals surface area contributed by atoms with Gasteiger partial charge in [0.15, 0.2) is 0 Å². The van der Waals surface area contributed by atoms with E-state index in [0.717, 1.165) is 5.56 Å². The fourth-order valence-electron chi connectivity index (χ4n) is 3.89. The van der Waals surface area contributed by atoms with Crippen LogP contribution >= 0.6 is 0 Å². The molecule has 0 saturated carbocycles. The summed E-state index contributed by atoms with van der Waals surface area (Å²) in [4.78, 5) is 27.5. The Bertz CT molecular complexity index is 1170. The minimum atomic E-state index is -0.886. The largest absolute Gasteiger partial charge is 0.466 e. The van der Waals surface area contributed by atoms with Gasteiger partial charge in [-0.2, -0.15) is 5.26 Å². The van der Waals surface area contributed by atoms with E-state index in [1.807, 2.05) is 18.2 Å². The van der Waals surface area contributed by atoms with Gasteiger partial charge in [-0.3, -0.25) is 4.90 Å². The maximum Gasteiger partial charge on any atom is 0.355 e. The Hall–Kier alpha value is -4.05. The third-order valence-electron chi connectivity index (χ3n) is 5.60. The molecule has 0 aliphatic carbocycles. The van der Waals surface area contributed by atoms with Gasteiger partial charge in [0.1, 0.15) is 11.5 Å². The van der Waals surface area contributed by atoms with Gasteiger partial charge in [-0.05, 0) is 28.7 Å². The lowest BCUT2D eigenvalue weighted by molar-refractivity contribution is -0.139. The number of nitriles is 1. The number of ether oxygens (including phenoxy) is 2. The Morgan fingerprint density at radius 3 is 2.03 bits per heavy atom. The van der Waals surface area contributed by atoms with Crippen LogP contribution in [0.1, 0.15) is 37.8 Å². The molecule has 0 aromatic heterocycles. The average molecular weight is 446 g/mol. The summed E-state index contributed by atoms with van der Waals surface area (Å²) in [7, 11) is 2.45. The summed E-state index contributed by atoms with van der Waals surface area (Å²) >= 11 is 0. The molecule has 2 aromatic rings. The molecule has 3 rings (SSSR count). The molecule has 0 amide bonds. The Morgan fingerprint density at radius 2 is 1.55 bits per heavy atom. The Morgan fingerprint density at radius 1 is 0.970 bits per heavy atom. The van der Waals surface area contributed by atoms with Crippen molar-refractivity contribution in [1.29, 1.82) is 5.26 Å². The first-order valence-electron chi connectivity index (χ1n) is 10.4. The van der Waals surface area contributed by atoms with Gasteiger partial charge >= 0.3 is 11.9 Å². The van der Waals surface area contributed by atoms with Gasteiger partial charge in [0.2, 0.25) is 0 Å². The predicted molar refractivity (Wildman–Crippen MR) is 125 cm³/mol. The number of anilines is 1. The van der Waals surface area contributed by atoms with E-state index >= 15 is 0 Å². The lowest BCUT2D eigenvalue weighted by Gasteiger charge is -2.36. The third-order valence-corrected chi connectivity index (χ3v) is 5.60. The minimum absolute atomic E-state index is 0.0128. The van der Waals surface area contributed by atoms with Crippen LogP contribution in [-0.4, -0.2) is 26.2 Å². The van der Waals surface area contributed by atoms with Crippen molar-refractivity contribution >= 4 is 17.6 Å².